The third kappa shape index (κ3) is 2.81. The van der Waals surface area contributed by atoms with Gasteiger partial charge in [-0.1, -0.05) is 18.9 Å². The van der Waals surface area contributed by atoms with E-state index in [2.05, 4.69) is 10.3 Å². The Morgan fingerprint density at radius 3 is 2.53 bits per heavy atom. The molecule has 1 aliphatic carbocycles. The first-order valence-corrected chi connectivity index (χ1v) is 5.68. The van der Waals surface area contributed by atoms with Crippen LogP contribution in [0, 0.1) is 0 Å². The number of nitrogens with zero attached hydrogens (tertiary/aromatic N) is 1. The van der Waals surface area contributed by atoms with Gasteiger partial charge in [0.1, 0.15) is 11.4 Å². The largest absolute Gasteiger partial charge is 0.477 e. The lowest BCUT2D eigenvalue weighted by Crippen LogP contribution is -2.33. The molecule has 0 unspecified atom stereocenters. The number of nitrogens with one attached hydrogen (secondary N) is 1. The van der Waals surface area contributed by atoms with E-state index < -0.39 is 5.97 Å². The van der Waals surface area contributed by atoms with Crippen molar-refractivity contribution in [2.75, 3.05) is 0 Å². The second-order valence-corrected chi connectivity index (χ2v) is 4.17. The van der Waals surface area contributed by atoms with Crippen molar-refractivity contribution in [3.63, 3.8) is 0 Å². The highest BCUT2D eigenvalue weighted by atomic mass is 16.4. The molecule has 17 heavy (non-hydrogen) atoms. The van der Waals surface area contributed by atoms with Gasteiger partial charge in [0.2, 0.25) is 0 Å². The van der Waals surface area contributed by atoms with Gasteiger partial charge in [-0.25, -0.2) is 9.78 Å². The Hall–Kier alpha value is -1.91. The first-order chi connectivity index (χ1) is 8.16. The Balaban J connectivity index is 2.07. The number of carbonyl (C=O) groups excluding carboxylic acids is 1. The normalized spacial score (nSPS) is 15.8. The SMILES string of the molecule is O=C(O)c1cccc(C(=O)NC2CCCC2)n1. The van der Waals surface area contributed by atoms with Crippen molar-refractivity contribution in [1.29, 1.82) is 0 Å². The number of hydrogen-bond donors (Lipinski definition) is 2. The van der Waals surface area contributed by atoms with Gasteiger partial charge < -0.3 is 10.4 Å². The van der Waals surface area contributed by atoms with Crippen LogP contribution in [0.3, 0.4) is 0 Å². The monoisotopic (exact) mass is 234 g/mol. The van der Waals surface area contributed by atoms with Crippen molar-refractivity contribution in [1.82, 2.24) is 10.3 Å². The summed E-state index contributed by atoms with van der Waals surface area (Å²) >= 11 is 0. The van der Waals surface area contributed by atoms with Gasteiger partial charge in [-0.3, -0.25) is 4.79 Å². The first-order valence-electron chi connectivity index (χ1n) is 5.68. The number of carboxylic acid groups (broad SMARTS) is 1. The molecule has 0 spiro atoms. The summed E-state index contributed by atoms with van der Waals surface area (Å²) < 4.78 is 0. The topological polar surface area (TPSA) is 79.3 Å². The molecule has 0 atom stereocenters. The summed E-state index contributed by atoms with van der Waals surface area (Å²) in [6.45, 7) is 0. The number of hydrogen-bond acceptors (Lipinski definition) is 3. The minimum absolute atomic E-state index is 0.107. The average Bonchev–Trinajstić information content (AvgIpc) is 2.82. The van der Waals surface area contributed by atoms with Crippen LogP contribution in [0.2, 0.25) is 0 Å². The minimum atomic E-state index is -1.12. The Kier molecular flexibility index (Phi) is 3.37. The van der Waals surface area contributed by atoms with Crippen molar-refractivity contribution in [3.05, 3.63) is 29.6 Å². The van der Waals surface area contributed by atoms with Crippen molar-refractivity contribution >= 4 is 11.9 Å². The Labute approximate surface area is 98.9 Å². The van der Waals surface area contributed by atoms with Crippen molar-refractivity contribution in [3.8, 4) is 0 Å². The quantitative estimate of drug-likeness (QED) is 0.829. The molecule has 1 fully saturated rings. The van der Waals surface area contributed by atoms with Gasteiger partial charge in [0.05, 0.1) is 0 Å². The van der Waals surface area contributed by atoms with Gasteiger partial charge in [-0.15, -0.1) is 0 Å². The van der Waals surface area contributed by atoms with Crippen LogP contribution in [0.4, 0.5) is 0 Å². The van der Waals surface area contributed by atoms with Crippen LogP contribution in [-0.2, 0) is 0 Å². The molecule has 1 heterocycles. The first kappa shape index (κ1) is 11.6. The van der Waals surface area contributed by atoms with Gasteiger partial charge in [-0.05, 0) is 25.0 Å². The second-order valence-electron chi connectivity index (χ2n) is 4.17. The van der Waals surface area contributed by atoms with E-state index >= 15 is 0 Å². The molecule has 1 aromatic rings. The lowest BCUT2D eigenvalue weighted by molar-refractivity contribution is 0.0690. The summed E-state index contributed by atoms with van der Waals surface area (Å²) in [5.41, 5.74) is 0.0564. The smallest absolute Gasteiger partial charge is 0.354 e. The summed E-state index contributed by atoms with van der Waals surface area (Å²) in [6.07, 6.45) is 4.25. The third-order valence-corrected chi connectivity index (χ3v) is 2.89. The number of amides is 1. The summed E-state index contributed by atoms with van der Waals surface area (Å²) in [7, 11) is 0. The molecular formula is C12H14N2O3. The zero-order chi connectivity index (χ0) is 12.3. The number of aromatic nitrogens is 1. The van der Waals surface area contributed by atoms with E-state index in [4.69, 9.17) is 5.11 Å². The maximum atomic E-state index is 11.8. The highest BCUT2D eigenvalue weighted by Crippen LogP contribution is 2.17. The molecule has 1 aliphatic rings. The van der Waals surface area contributed by atoms with Crippen LogP contribution in [0.25, 0.3) is 0 Å². The lowest BCUT2D eigenvalue weighted by atomic mass is 10.2. The predicted octanol–water partition coefficient (Wildman–Crippen LogP) is 1.45. The fraction of sp³-hybridized carbons (Fsp3) is 0.417. The summed E-state index contributed by atoms with van der Waals surface area (Å²) in [5, 5.41) is 11.6. The number of pyridine rings is 1. The van der Waals surface area contributed by atoms with E-state index in [0.29, 0.717) is 0 Å². The second kappa shape index (κ2) is 4.95. The van der Waals surface area contributed by atoms with E-state index in [0.717, 1.165) is 25.7 Å². The molecule has 0 bridgehead atoms. The molecule has 1 amide bonds. The highest BCUT2D eigenvalue weighted by molar-refractivity contribution is 5.94. The standard InChI is InChI=1S/C12H14N2O3/c15-11(13-8-4-1-2-5-8)9-6-3-7-10(14-9)12(16)17/h3,6-8H,1-2,4-5H2,(H,13,15)(H,16,17). The molecule has 2 rings (SSSR count). The van der Waals surface area contributed by atoms with Gasteiger partial charge in [0.15, 0.2) is 0 Å². The van der Waals surface area contributed by atoms with E-state index in [-0.39, 0.29) is 23.3 Å². The van der Waals surface area contributed by atoms with Crippen LogP contribution < -0.4 is 5.32 Å². The van der Waals surface area contributed by atoms with E-state index in [1.807, 2.05) is 0 Å². The molecule has 2 N–H and O–H groups in total. The van der Waals surface area contributed by atoms with Gasteiger partial charge in [-0.2, -0.15) is 0 Å². The maximum absolute atomic E-state index is 11.8. The summed E-state index contributed by atoms with van der Waals surface area (Å²) in [4.78, 5) is 26.3. The molecule has 1 aromatic heterocycles. The summed E-state index contributed by atoms with van der Waals surface area (Å²) in [6, 6.07) is 4.63. The number of aromatic carboxylic acids is 1. The molecule has 90 valence electrons. The molecule has 0 saturated heterocycles. The van der Waals surface area contributed by atoms with Gasteiger partial charge >= 0.3 is 5.97 Å². The van der Waals surface area contributed by atoms with Crippen molar-refractivity contribution in [2.45, 2.75) is 31.7 Å². The third-order valence-electron chi connectivity index (χ3n) is 2.89. The molecule has 0 aliphatic heterocycles. The van der Waals surface area contributed by atoms with Gasteiger partial charge in [0, 0.05) is 6.04 Å². The summed E-state index contributed by atoms with van der Waals surface area (Å²) in [5.74, 6) is -1.42. The zero-order valence-corrected chi connectivity index (χ0v) is 9.35. The molecule has 5 heteroatoms. The van der Waals surface area contributed by atoms with E-state index in [1.54, 1.807) is 0 Å². The van der Waals surface area contributed by atoms with Crippen LogP contribution in [0.1, 0.15) is 46.7 Å². The van der Waals surface area contributed by atoms with Crippen LogP contribution in [0.5, 0.6) is 0 Å². The number of carbonyl (C=O) groups is 2. The Bertz CT molecular complexity index is 439. The van der Waals surface area contributed by atoms with Crippen LogP contribution in [-0.4, -0.2) is 28.0 Å². The van der Waals surface area contributed by atoms with Crippen molar-refractivity contribution < 1.29 is 14.7 Å². The molecular weight excluding hydrogens is 220 g/mol. The van der Waals surface area contributed by atoms with E-state index in [1.165, 1.54) is 18.2 Å². The predicted molar refractivity (Wildman–Crippen MR) is 60.9 cm³/mol. The fourth-order valence-electron chi connectivity index (χ4n) is 2.01. The van der Waals surface area contributed by atoms with Crippen LogP contribution in [0.15, 0.2) is 18.2 Å². The van der Waals surface area contributed by atoms with E-state index in [9.17, 15) is 9.59 Å². The molecule has 0 radical (unpaired) electrons. The zero-order valence-electron chi connectivity index (χ0n) is 9.35. The molecule has 5 nitrogen and oxygen atoms in total. The van der Waals surface area contributed by atoms with Gasteiger partial charge in [0.25, 0.3) is 5.91 Å². The fourth-order valence-corrected chi connectivity index (χ4v) is 2.01. The van der Waals surface area contributed by atoms with Crippen molar-refractivity contribution in [2.24, 2.45) is 0 Å². The average molecular weight is 234 g/mol. The minimum Gasteiger partial charge on any atom is -0.477 e. The highest BCUT2D eigenvalue weighted by Gasteiger charge is 2.19. The molecule has 1 saturated carbocycles. The number of carboxylic acids is 1. The number of rotatable bonds is 3. The molecule has 0 aromatic carbocycles. The Morgan fingerprint density at radius 2 is 1.88 bits per heavy atom. The maximum Gasteiger partial charge on any atom is 0.354 e. The Morgan fingerprint density at radius 1 is 1.24 bits per heavy atom. The van der Waals surface area contributed by atoms with Crippen LogP contribution >= 0.6 is 0 Å². The lowest BCUT2D eigenvalue weighted by Gasteiger charge is -2.11.